The van der Waals surface area contributed by atoms with Crippen molar-refractivity contribution < 1.29 is 5.11 Å². The van der Waals surface area contributed by atoms with E-state index in [1.165, 1.54) is 5.56 Å². The van der Waals surface area contributed by atoms with Gasteiger partial charge in [0.05, 0.1) is 0 Å². The minimum Gasteiger partial charge on any atom is -0.384 e. The molecular weight excluding hydrogens is 208 g/mol. The Hall–Kier alpha value is -1.60. The lowest BCUT2D eigenvalue weighted by atomic mass is 9.95. The number of aliphatic hydroxyl groups excluding tert-OH is 1. The summed E-state index contributed by atoms with van der Waals surface area (Å²) in [4.78, 5) is 0. The highest BCUT2D eigenvalue weighted by Gasteiger charge is 2.12. The molecule has 1 N–H and O–H groups in total. The van der Waals surface area contributed by atoms with Crippen molar-refractivity contribution in [1.82, 2.24) is 0 Å². The molecule has 0 aliphatic heterocycles. The van der Waals surface area contributed by atoms with E-state index >= 15 is 0 Å². The molecule has 0 amide bonds. The van der Waals surface area contributed by atoms with Gasteiger partial charge in [0.15, 0.2) is 0 Å². The van der Waals surface area contributed by atoms with Crippen LogP contribution in [0.25, 0.3) is 0 Å². The number of aliphatic hydroxyl groups is 1. The number of rotatable bonds is 4. The third kappa shape index (κ3) is 2.75. The monoisotopic (exact) mass is 226 g/mol. The molecule has 17 heavy (non-hydrogen) atoms. The molecule has 1 heteroatoms. The lowest BCUT2D eigenvalue weighted by molar-refractivity contribution is 0.219. The van der Waals surface area contributed by atoms with E-state index in [-0.39, 0.29) is 0 Å². The largest absolute Gasteiger partial charge is 0.384 e. The molecule has 0 radical (unpaired) electrons. The maximum Gasteiger partial charge on any atom is 0.104 e. The molecule has 0 bridgehead atoms. The van der Waals surface area contributed by atoms with Crippen LogP contribution < -0.4 is 0 Å². The molecule has 0 saturated heterocycles. The van der Waals surface area contributed by atoms with Crippen LogP contribution in [0.2, 0.25) is 0 Å². The first-order valence-corrected chi connectivity index (χ1v) is 6.13. The van der Waals surface area contributed by atoms with E-state index < -0.39 is 6.10 Å². The smallest absolute Gasteiger partial charge is 0.104 e. The van der Waals surface area contributed by atoms with Gasteiger partial charge in [-0.2, -0.15) is 0 Å². The van der Waals surface area contributed by atoms with Crippen molar-refractivity contribution in [2.75, 3.05) is 0 Å². The first kappa shape index (κ1) is 11.9. The Morgan fingerprint density at radius 2 is 1.59 bits per heavy atom. The van der Waals surface area contributed by atoms with E-state index in [4.69, 9.17) is 0 Å². The highest BCUT2D eigenvalue weighted by atomic mass is 16.3. The summed E-state index contributed by atoms with van der Waals surface area (Å²) in [5, 5.41) is 10.4. The van der Waals surface area contributed by atoms with Crippen LogP contribution in [0.15, 0.2) is 54.6 Å². The molecule has 88 valence electrons. The molecular formula is C16H18O. The second-order valence-corrected chi connectivity index (χ2v) is 4.26. The van der Waals surface area contributed by atoms with E-state index in [0.29, 0.717) is 0 Å². The topological polar surface area (TPSA) is 20.2 Å². The van der Waals surface area contributed by atoms with Gasteiger partial charge in [-0.25, -0.2) is 0 Å². The van der Waals surface area contributed by atoms with E-state index in [2.05, 4.69) is 13.0 Å². The summed E-state index contributed by atoms with van der Waals surface area (Å²) in [5.74, 6) is 0. The Morgan fingerprint density at radius 3 is 2.29 bits per heavy atom. The molecule has 0 heterocycles. The summed E-state index contributed by atoms with van der Waals surface area (Å²) in [6, 6.07) is 18.0. The molecule has 0 spiro atoms. The normalized spacial score (nSPS) is 12.4. The quantitative estimate of drug-likeness (QED) is 0.842. The zero-order valence-electron chi connectivity index (χ0n) is 10.1. The van der Waals surface area contributed by atoms with Crippen LogP contribution in [0, 0.1) is 0 Å². The van der Waals surface area contributed by atoms with Crippen molar-refractivity contribution in [2.45, 2.75) is 25.9 Å². The molecule has 0 unspecified atom stereocenters. The minimum atomic E-state index is -0.515. The van der Waals surface area contributed by atoms with Crippen LogP contribution in [0.1, 0.15) is 36.1 Å². The van der Waals surface area contributed by atoms with Gasteiger partial charge in [-0.3, -0.25) is 0 Å². The molecule has 0 saturated carbocycles. The van der Waals surface area contributed by atoms with Gasteiger partial charge in [0.25, 0.3) is 0 Å². The van der Waals surface area contributed by atoms with Gasteiger partial charge in [0, 0.05) is 0 Å². The molecule has 1 nitrogen and oxygen atoms in total. The Balaban J connectivity index is 2.33. The first-order valence-electron chi connectivity index (χ1n) is 6.13. The molecule has 1 atom stereocenters. The molecule has 2 aromatic carbocycles. The van der Waals surface area contributed by atoms with Gasteiger partial charge in [-0.15, -0.1) is 0 Å². The van der Waals surface area contributed by atoms with Crippen LogP contribution in [0.3, 0.4) is 0 Å². The van der Waals surface area contributed by atoms with Gasteiger partial charge in [0.2, 0.25) is 0 Å². The lowest BCUT2D eigenvalue weighted by Crippen LogP contribution is -2.03. The molecule has 0 aliphatic rings. The van der Waals surface area contributed by atoms with Crippen molar-refractivity contribution in [3.8, 4) is 0 Å². The van der Waals surface area contributed by atoms with E-state index in [1.54, 1.807) is 0 Å². The molecule has 0 aromatic heterocycles. The van der Waals surface area contributed by atoms with Crippen LogP contribution in [0.5, 0.6) is 0 Å². The second-order valence-electron chi connectivity index (χ2n) is 4.26. The number of benzene rings is 2. The van der Waals surface area contributed by atoms with Crippen LogP contribution in [-0.2, 0) is 6.42 Å². The molecule has 2 rings (SSSR count). The third-order valence-electron chi connectivity index (χ3n) is 2.98. The van der Waals surface area contributed by atoms with E-state index in [0.717, 1.165) is 24.0 Å². The van der Waals surface area contributed by atoms with Gasteiger partial charge in [-0.05, 0) is 23.1 Å². The zero-order valence-corrected chi connectivity index (χ0v) is 10.1. The van der Waals surface area contributed by atoms with Gasteiger partial charge >= 0.3 is 0 Å². The summed E-state index contributed by atoms with van der Waals surface area (Å²) in [6.45, 7) is 2.16. The van der Waals surface area contributed by atoms with Crippen LogP contribution in [-0.4, -0.2) is 5.11 Å². The molecule has 2 aromatic rings. The zero-order chi connectivity index (χ0) is 12.1. The third-order valence-corrected chi connectivity index (χ3v) is 2.98. The van der Waals surface area contributed by atoms with Gasteiger partial charge in [-0.1, -0.05) is 67.9 Å². The number of hydrogen-bond donors (Lipinski definition) is 1. The summed E-state index contributed by atoms with van der Waals surface area (Å²) < 4.78 is 0. The average Bonchev–Trinajstić information content (AvgIpc) is 2.40. The second kappa shape index (κ2) is 5.65. The molecule has 0 fully saturated rings. The highest BCUT2D eigenvalue weighted by molar-refractivity contribution is 5.35. The summed E-state index contributed by atoms with van der Waals surface area (Å²) in [7, 11) is 0. The van der Waals surface area contributed by atoms with E-state index in [9.17, 15) is 5.11 Å². The Morgan fingerprint density at radius 1 is 0.941 bits per heavy atom. The number of hydrogen-bond acceptors (Lipinski definition) is 1. The summed E-state index contributed by atoms with van der Waals surface area (Å²) >= 11 is 0. The lowest BCUT2D eigenvalue weighted by Gasteiger charge is -2.15. The predicted octanol–water partition coefficient (Wildman–Crippen LogP) is 3.72. The fraction of sp³-hybridized carbons (Fsp3) is 0.250. The van der Waals surface area contributed by atoms with Crippen molar-refractivity contribution in [3.63, 3.8) is 0 Å². The average molecular weight is 226 g/mol. The Bertz CT molecular complexity index is 462. The van der Waals surface area contributed by atoms with Crippen LogP contribution >= 0.6 is 0 Å². The van der Waals surface area contributed by atoms with Crippen molar-refractivity contribution >= 4 is 0 Å². The predicted molar refractivity (Wildman–Crippen MR) is 70.9 cm³/mol. The highest BCUT2D eigenvalue weighted by Crippen LogP contribution is 2.25. The van der Waals surface area contributed by atoms with Crippen molar-refractivity contribution in [3.05, 3.63) is 71.3 Å². The number of aryl methyl sites for hydroxylation is 1. The maximum atomic E-state index is 10.4. The Labute approximate surface area is 103 Å². The first-order chi connectivity index (χ1) is 8.33. The van der Waals surface area contributed by atoms with Crippen molar-refractivity contribution in [1.29, 1.82) is 0 Å². The maximum absolute atomic E-state index is 10.4. The molecule has 0 aliphatic carbocycles. The minimum absolute atomic E-state index is 0.515. The van der Waals surface area contributed by atoms with Crippen molar-refractivity contribution in [2.24, 2.45) is 0 Å². The van der Waals surface area contributed by atoms with Crippen LogP contribution in [0.4, 0.5) is 0 Å². The summed E-state index contributed by atoms with van der Waals surface area (Å²) in [5.41, 5.74) is 3.22. The summed E-state index contributed by atoms with van der Waals surface area (Å²) in [6.07, 6.45) is 1.59. The van der Waals surface area contributed by atoms with E-state index in [1.807, 2.05) is 48.5 Å². The fourth-order valence-corrected chi connectivity index (χ4v) is 2.11. The van der Waals surface area contributed by atoms with Gasteiger partial charge in [0.1, 0.15) is 6.10 Å². The fourth-order valence-electron chi connectivity index (χ4n) is 2.11. The van der Waals surface area contributed by atoms with Gasteiger partial charge < -0.3 is 5.11 Å². The SMILES string of the molecule is CCCc1ccccc1[C@H](O)c1ccccc1. The Kier molecular flexibility index (Phi) is 3.94. The standard InChI is InChI=1S/C16H18O/c1-2-8-13-9-6-7-12-15(13)16(17)14-10-4-3-5-11-14/h3-7,9-12,16-17H,2,8H2,1H3/t16-/m1/s1.